The molecule has 0 spiro atoms. The molecular weight excluding hydrogens is 250 g/mol. The van der Waals surface area contributed by atoms with Crippen LogP contribution in [-0.4, -0.2) is 21.5 Å². The van der Waals surface area contributed by atoms with Gasteiger partial charge in [0.1, 0.15) is 6.07 Å². The molecule has 0 amide bonds. The lowest BCUT2D eigenvalue weighted by atomic mass is 10.1. The van der Waals surface area contributed by atoms with Gasteiger partial charge in [-0.1, -0.05) is 12.1 Å². The Morgan fingerprint density at radius 1 is 1.39 bits per heavy atom. The monoisotopic (exact) mass is 267 g/mol. The summed E-state index contributed by atoms with van der Waals surface area (Å²) in [4.78, 5) is 0.0396. The van der Waals surface area contributed by atoms with Crippen LogP contribution in [0.1, 0.15) is 24.0 Å². The zero-order chi connectivity index (χ0) is 13.6. The van der Waals surface area contributed by atoms with Crippen LogP contribution in [0.3, 0.4) is 0 Å². The first-order chi connectivity index (χ1) is 8.53. The molecule has 0 aliphatic heterocycles. The van der Waals surface area contributed by atoms with Crippen LogP contribution >= 0.6 is 0 Å². The lowest BCUT2D eigenvalue weighted by Gasteiger charge is -2.09. The molecule has 1 aromatic rings. The summed E-state index contributed by atoms with van der Waals surface area (Å²) in [6, 6.07) is 6.72. The Balaban J connectivity index is 2.93. The number of sulfonamides is 1. The van der Waals surface area contributed by atoms with Crippen molar-refractivity contribution in [3.05, 3.63) is 29.3 Å². The number of hydrogen-bond acceptors (Lipinski definition) is 4. The lowest BCUT2D eigenvalue weighted by molar-refractivity contribution is 0.577. The van der Waals surface area contributed by atoms with Gasteiger partial charge in [-0.15, -0.1) is 0 Å². The third-order valence-electron chi connectivity index (χ3n) is 2.56. The average Bonchev–Trinajstić information content (AvgIpc) is 2.34. The Labute approximate surface area is 108 Å². The Kier molecular flexibility index (Phi) is 5.28. The first kappa shape index (κ1) is 14.6. The van der Waals surface area contributed by atoms with Crippen LogP contribution in [0.25, 0.3) is 0 Å². The molecule has 0 fully saturated rings. The maximum Gasteiger partial charge on any atom is 0.241 e. The molecule has 0 saturated heterocycles. The number of nitrogens with two attached hydrogens (primary N) is 1. The first-order valence-corrected chi connectivity index (χ1v) is 7.20. The largest absolute Gasteiger partial charge is 0.330 e. The highest BCUT2D eigenvalue weighted by molar-refractivity contribution is 7.89. The van der Waals surface area contributed by atoms with Gasteiger partial charge in [0.25, 0.3) is 0 Å². The smallest absolute Gasteiger partial charge is 0.241 e. The van der Waals surface area contributed by atoms with Gasteiger partial charge in [0.2, 0.25) is 10.0 Å². The zero-order valence-electron chi connectivity index (χ0n) is 10.3. The number of aryl methyl sites for hydroxylation is 1. The minimum absolute atomic E-state index is 0.0396. The number of nitrogens with one attached hydrogen (secondary N) is 1. The Hall–Kier alpha value is -1.42. The van der Waals surface area contributed by atoms with E-state index in [9.17, 15) is 8.42 Å². The summed E-state index contributed by atoms with van der Waals surface area (Å²) < 4.78 is 26.5. The molecule has 0 radical (unpaired) electrons. The van der Waals surface area contributed by atoms with Crippen molar-refractivity contribution in [3.8, 4) is 6.07 Å². The molecule has 0 aromatic heterocycles. The van der Waals surface area contributed by atoms with Gasteiger partial charge in [-0.25, -0.2) is 13.1 Å². The van der Waals surface area contributed by atoms with E-state index in [0.29, 0.717) is 25.1 Å². The maximum absolute atomic E-state index is 12.0. The van der Waals surface area contributed by atoms with Crippen LogP contribution < -0.4 is 10.5 Å². The third-order valence-corrected chi connectivity index (χ3v) is 4.06. The Morgan fingerprint density at radius 2 is 2.11 bits per heavy atom. The number of nitrogens with zero attached hydrogens (tertiary/aromatic N) is 1. The van der Waals surface area contributed by atoms with Crippen LogP contribution in [-0.2, 0) is 10.0 Å². The molecule has 0 bridgehead atoms. The maximum atomic E-state index is 12.0. The van der Waals surface area contributed by atoms with Crippen LogP contribution in [0.2, 0.25) is 0 Å². The highest BCUT2D eigenvalue weighted by Gasteiger charge is 2.18. The normalized spacial score (nSPS) is 11.2. The Morgan fingerprint density at radius 3 is 2.72 bits per heavy atom. The molecule has 0 atom stereocenters. The average molecular weight is 267 g/mol. The van der Waals surface area contributed by atoms with Crippen LogP contribution in [0.5, 0.6) is 0 Å². The quantitative estimate of drug-likeness (QED) is 0.748. The molecule has 98 valence electrons. The van der Waals surface area contributed by atoms with Crippen LogP contribution in [0, 0.1) is 18.3 Å². The van der Waals surface area contributed by atoms with Crippen molar-refractivity contribution in [1.82, 2.24) is 4.72 Å². The topological polar surface area (TPSA) is 96.0 Å². The molecule has 0 aliphatic rings. The predicted octanol–water partition coefficient (Wildman–Crippen LogP) is 0.884. The predicted molar refractivity (Wildman–Crippen MR) is 69.4 cm³/mol. The van der Waals surface area contributed by atoms with Crippen molar-refractivity contribution >= 4 is 10.0 Å². The zero-order valence-corrected chi connectivity index (χ0v) is 11.1. The summed E-state index contributed by atoms with van der Waals surface area (Å²) in [5.74, 6) is 0. The summed E-state index contributed by atoms with van der Waals surface area (Å²) in [6.07, 6.45) is 1.45. The molecule has 0 aliphatic carbocycles. The van der Waals surface area contributed by atoms with Gasteiger partial charge in [0.15, 0.2) is 0 Å². The summed E-state index contributed by atoms with van der Waals surface area (Å²) in [5, 5.41) is 9.01. The fraction of sp³-hybridized carbons (Fsp3) is 0.417. The van der Waals surface area contributed by atoms with E-state index in [-0.39, 0.29) is 10.5 Å². The summed E-state index contributed by atoms with van der Waals surface area (Å²) in [5.41, 5.74) is 6.19. The summed E-state index contributed by atoms with van der Waals surface area (Å²) in [6.45, 7) is 2.58. The number of nitriles is 1. The van der Waals surface area contributed by atoms with Crippen molar-refractivity contribution in [1.29, 1.82) is 5.26 Å². The molecule has 0 saturated carbocycles. The summed E-state index contributed by atoms with van der Waals surface area (Å²) >= 11 is 0. The van der Waals surface area contributed by atoms with Crippen LogP contribution in [0.4, 0.5) is 0 Å². The van der Waals surface area contributed by atoms with Crippen molar-refractivity contribution in [2.45, 2.75) is 24.7 Å². The van der Waals surface area contributed by atoms with E-state index in [1.54, 1.807) is 19.1 Å². The molecule has 18 heavy (non-hydrogen) atoms. The van der Waals surface area contributed by atoms with Crippen molar-refractivity contribution in [2.24, 2.45) is 5.73 Å². The van der Waals surface area contributed by atoms with Gasteiger partial charge >= 0.3 is 0 Å². The van der Waals surface area contributed by atoms with Crippen molar-refractivity contribution in [3.63, 3.8) is 0 Å². The number of benzene rings is 1. The molecule has 1 aromatic carbocycles. The lowest BCUT2D eigenvalue weighted by Crippen LogP contribution is -2.26. The van der Waals surface area contributed by atoms with Gasteiger partial charge in [-0.3, -0.25) is 0 Å². The van der Waals surface area contributed by atoms with Crippen molar-refractivity contribution in [2.75, 3.05) is 13.1 Å². The molecule has 1 rings (SSSR count). The van der Waals surface area contributed by atoms with Crippen LogP contribution in [0.15, 0.2) is 23.1 Å². The van der Waals surface area contributed by atoms with E-state index in [4.69, 9.17) is 11.0 Å². The van der Waals surface area contributed by atoms with E-state index >= 15 is 0 Å². The fourth-order valence-corrected chi connectivity index (χ4v) is 2.86. The van der Waals surface area contributed by atoms with Gasteiger partial charge in [-0.05, 0) is 37.9 Å². The molecular formula is C12H17N3O2S. The van der Waals surface area contributed by atoms with Gasteiger partial charge in [0.05, 0.1) is 10.5 Å². The second-order valence-electron chi connectivity index (χ2n) is 3.95. The second kappa shape index (κ2) is 6.50. The molecule has 6 heteroatoms. The molecule has 0 heterocycles. The molecule has 3 N–H and O–H groups in total. The SMILES string of the molecule is Cc1cccc(S(=O)(=O)NCCCCN)c1C#N. The minimum Gasteiger partial charge on any atom is -0.330 e. The number of hydrogen-bond donors (Lipinski definition) is 2. The second-order valence-corrected chi connectivity index (χ2v) is 5.69. The minimum atomic E-state index is -3.62. The molecule has 0 unspecified atom stereocenters. The highest BCUT2D eigenvalue weighted by Crippen LogP contribution is 2.18. The van der Waals surface area contributed by atoms with Gasteiger partial charge in [0, 0.05) is 6.54 Å². The Bertz CT molecular complexity index is 547. The van der Waals surface area contributed by atoms with E-state index < -0.39 is 10.0 Å². The standard InChI is InChI=1S/C12H17N3O2S/c1-10-5-4-6-12(11(10)9-14)18(16,17)15-8-3-2-7-13/h4-6,15H,2-3,7-8,13H2,1H3. The first-order valence-electron chi connectivity index (χ1n) is 5.72. The fourth-order valence-electron chi connectivity index (χ4n) is 1.56. The van der Waals surface area contributed by atoms with Crippen molar-refractivity contribution < 1.29 is 8.42 Å². The van der Waals surface area contributed by atoms with E-state index in [1.165, 1.54) is 6.07 Å². The van der Waals surface area contributed by atoms with Gasteiger partial charge in [-0.2, -0.15) is 5.26 Å². The van der Waals surface area contributed by atoms with E-state index in [1.807, 2.05) is 6.07 Å². The number of rotatable bonds is 6. The van der Waals surface area contributed by atoms with Gasteiger partial charge < -0.3 is 5.73 Å². The number of unbranched alkanes of at least 4 members (excludes halogenated alkanes) is 1. The molecule has 5 nitrogen and oxygen atoms in total. The summed E-state index contributed by atoms with van der Waals surface area (Å²) in [7, 11) is -3.62. The van der Waals surface area contributed by atoms with E-state index in [0.717, 1.165) is 6.42 Å². The van der Waals surface area contributed by atoms with E-state index in [2.05, 4.69) is 4.72 Å². The highest BCUT2D eigenvalue weighted by atomic mass is 32.2. The third kappa shape index (κ3) is 3.53.